The highest BCUT2D eigenvalue weighted by atomic mass is 35.5. The predicted molar refractivity (Wildman–Crippen MR) is 83.7 cm³/mol. The zero-order chi connectivity index (χ0) is 15.7. The lowest BCUT2D eigenvalue weighted by Crippen LogP contribution is -2.35. The number of rotatable bonds is 9. The molecule has 0 heterocycles. The van der Waals surface area contributed by atoms with Crippen LogP contribution >= 0.6 is 11.6 Å². The molecule has 1 amide bonds. The van der Waals surface area contributed by atoms with Crippen LogP contribution in [0, 0.1) is 0 Å². The van der Waals surface area contributed by atoms with Gasteiger partial charge in [0.25, 0.3) is 0 Å². The summed E-state index contributed by atoms with van der Waals surface area (Å²) < 4.78 is 5.43. The first-order chi connectivity index (χ1) is 9.97. The summed E-state index contributed by atoms with van der Waals surface area (Å²) in [5.41, 5.74) is 0. The normalized spacial score (nSPS) is 12.2. The lowest BCUT2D eigenvalue weighted by atomic mass is 10.3. The van der Waals surface area contributed by atoms with Gasteiger partial charge in [-0.05, 0) is 38.1 Å². The molecule has 21 heavy (non-hydrogen) atoms. The molecule has 1 aromatic rings. The molecule has 118 valence electrons. The van der Waals surface area contributed by atoms with Crippen LogP contribution in [0.25, 0.3) is 0 Å². The third-order valence-corrected chi connectivity index (χ3v) is 2.87. The van der Waals surface area contributed by atoms with Crippen LogP contribution < -0.4 is 15.4 Å². The van der Waals surface area contributed by atoms with Crippen molar-refractivity contribution >= 4 is 17.5 Å². The Morgan fingerprint density at radius 3 is 2.62 bits per heavy atom. The molecule has 0 bridgehead atoms. The Kier molecular flexibility index (Phi) is 8.12. The molecular formula is C15H23ClN2O3. The number of hydrogen-bond donors (Lipinski definition) is 3. The maximum atomic E-state index is 11.4. The van der Waals surface area contributed by atoms with Gasteiger partial charge in [0.1, 0.15) is 18.5 Å². The van der Waals surface area contributed by atoms with Gasteiger partial charge in [0, 0.05) is 30.6 Å². The van der Waals surface area contributed by atoms with E-state index in [0.29, 0.717) is 30.3 Å². The molecule has 0 fully saturated rings. The third-order valence-electron chi connectivity index (χ3n) is 2.61. The van der Waals surface area contributed by atoms with E-state index < -0.39 is 6.10 Å². The molecule has 6 heteroatoms. The van der Waals surface area contributed by atoms with Crippen molar-refractivity contribution in [3.05, 3.63) is 29.3 Å². The van der Waals surface area contributed by atoms with Gasteiger partial charge in [-0.2, -0.15) is 0 Å². The molecular weight excluding hydrogens is 292 g/mol. The first-order valence-corrected chi connectivity index (χ1v) is 7.41. The summed E-state index contributed by atoms with van der Waals surface area (Å²) in [7, 11) is 0. The van der Waals surface area contributed by atoms with Crippen molar-refractivity contribution in [1.82, 2.24) is 10.6 Å². The minimum atomic E-state index is -0.631. The van der Waals surface area contributed by atoms with Gasteiger partial charge in [0.2, 0.25) is 5.91 Å². The van der Waals surface area contributed by atoms with E-state index in [4.69, 9.17) is 16.3 Å². The Morgan fingerprint density at radius 1 is 1.33 bits per heavy atom. The third kappa shape index (κ3) is 8.55. The quantitative estimate of drug-likeness (QED) is 0.605. The SMILES string of the molecule is CC(C)NC(=O)CCNCC(O)COc1ccc(Cl)cc1. The van der Waals surface area contributed by atoms with Gasteiger partial charge in [0.15, 0.2) is 0 Å². The van der Waals surface area contributed by atoms with Crippen molar-refractivity contribution in [3.8, 4) is 5.75 Å². The maximum Gasteiger partial charge on any atom is 0.221 e. The smallest absolute Gasteiger partial charge is 0.221 e. The Hall–Kier alpha value is -1.30. The van der Waals surface area contributed by atoms with Crippen LogP contribution in [0.5, 0.6) is 5.75 Å². The van der Waals surface area contributed by atoms with Crippen LogP contribution in [0.4, 0.5) is 0 Å². The molecule has 1 rings (SSSR count). The Labute approximate surface area is 130 Å². The second kappa shape index (κ2) is 9.60. The van der Waals surface area contributed by atoms with E-state index in [0.717, 1.165) is 0 Å². The van der Waals surface area contributed by atoms with Crippen molar-refractivity contribution in [2.45, 2.75) is 32.4 Å². The minimum absolute atomic E-state index is 0.00408. The highest BCUT2D eigenvalue weighted by Crippen LogP contribution is 2.15. The Morgan fingerprint density at radius 2 is 2.00 bits per heavy atom. The number of amides is 1. The summed E-state index contributed by atoms with van der Waals surface area (Å²) in [5.74, 6) is 0.666. The fraction of sp³-hybridized carbons (Fsp3) is 0.533. The lowest BCUT2D eigenvalue weighted by molar-refractivity contribution is -0.121. The van der Waals surface area contributed by atoms with Gasteiger partial charge in [-0.15, -0.1) is 0 Å². The van der Waals surface area contributed by atoms with E-state index in [1.165, 1.54) is 0 Å². The number of carbonyl (C=O) groups excluding carboxylic acids is 1. The molecule has 0 spiro atoms. The van der Waals surface area contributed by atoms with Crippen molar-refractivity contribution in [1.29, 1.82) is 0 Å². The highest BCUT2D eigenvalue weighted by molar-refractivity contribution is 6.30. The number of aliphatic hydroxyl groups is 1. The zero-order valence-corrected chi connectivity index (χ0v) is 13.2. The lowest BCUT2D eigenvalue weighted by Gasteiger charge is -2.13. The predicted octanol–water partition coefficient (Wildman–Crippen LogP) is 1.58. The molecule has 0 saturated heterocycles. The van der Waals surface area contributed by atoms with Crippen molar-refractivity contribution in [3.63, 3.8) is 0 Å². The van der Waals surface area contributed by atoms with E-state index >= 15 is 0 Å². The van der Waals surface area contributed by atoms with Crippen LogP contribution in [-0.4, -0.2) is 42.9 Å². The van der Waals surface area contributed by atoms with E-state index in [2.05, 4.69) is 10.6 Å². The minimum Gasteiger partial charge on any atom is -0.491 e. The van der Waals surface area contributed by atoms with Gasteiger partial charge in [-0.25, -0.2) is 0 Å². The van der Waals surface area contributed by atoms with Gasteiger partial charge in [-0.1, -0.05) is 11.6 Å². The van der Waals surface area contributed by atoms with Gasteiger partial charge in [0.05, 0.1) is 0 Å². The summed E-state index contributed by atoms with van der Waals surface area (Å²) in [4.78, 5) is 11.4. The van der Waals surface area contributed by atoms with Crippen LogP contribution in [0.3, 0.4) is 0 Å². The van der Waals surface area contributed by atoms with Crippen molar-refractivity contribution in [2.24, 2.45) is 0 Å². The number of nitrogens with one attached hydrogen (secondary N) is 2. The highest BCUT2D eigenvalue weighted by Gasteiger charge is 2.06. The van der Waals surface area contributed by atoms with Crippen molar-refractivity contribution in [2.75, 3.05) is 19.7 Å². The Balaban J connectivity index is 2.10. The van der Waals surface area contributed by atoms with Gasteiger partial charge >= 0.3 is 0 Å². The second-order valence-corrected chi connectivity index (χ2v) is 5.53. The standard InChI is InChI=1S/C15H23ClN2O3/c1-11(2)18-15(20)7-8-17-9-13(19)10-21-14-5-3-12(16)4-6-14/h3-6,11,13,17,19H,7-10H2,1-2H3,(H,18,20). The van der Waals surface area contributed by atoms with Crippen LogP contribution in [-0.2, 0) is 4.79 Å². The first kappa shape index (κ1) is 17.8. The number of aliphatic hydroxyl groups excluding tert-OH is 1. The fourth-order valence-electron chi connectivity index (χ4n) is 1.65. The summed E-state index contributed by atoms with van der Waals surface area (Å²) in [6.45, 7) is 4.93. The van der Waals surface area contributed by atoms with Crippen LogP contribution in [0.15, 0.2) is 24.3 Å². The largest absolute Gasteiger partial charge is 0.491 e. The first-order valence-electron chi connectivity index (χ1n) is 7.04. The monoisotopic (exact) mass is 314 g/mol. The molecule has 1 atom stereocenters. The molecule has 0 aliphatic carbocycles. The van der Waals surface area contributed by atoms with E-state index in [9.17, 15) is 9.90 Å². The maximum absolute atomic E-state index is 11.4. The molecule has 1 unspecified atom stereocenters. The summed E-state index contributed by atoms with van der Waals surface area (Å²) in [6, 6.07) is 7.11. The second-order valence-electron chi connectivity index (χ2n) is 5.10. The molecule has 0 aromatic heterocycles. The van der Waals surface area contributed by atoms with Gasteiger partial charge < -0.3 is 20.5 Å². The molecule has 3 N–H and O–H groups in total. The number of benzene rings is 1. The number of halogens is 1. The summed E-state index contributed by atoms with van der Waals surface area (Å²) in [5, 5.41) is 16.2. The van der Waals surface area contributed by atoms with Crippen LogP contribution in [0.1, 0.15) is 20.3 Å². The fourth-order valence-corrected chi connectivity index (χ4v) is 1.77. The molecule has 0 aliphatic heterocycles. The number of hydrogen-bond acceptors (Lipinski definition) is 4. The van der Waals surface area contributed by atoms with Crippen LogP contribution in [0.2, 0.25) is 5.02 Å². The average Bonchev–Trinajstić information content (AvgIpc) is 2.42. The topological polar surface area (TPSA) is 70.6 Å². The zero-order valence-electron chi connectivity index (χ0n) is 12.4. The molecule has 0 radical (unpaired) electrons. The van der Waals surface area contributed by atoms with E-state index in [1.54, 1.807) is 24.3 Å². The number of ether oxygens (including phenoxy) is 1. The van der Waals surface area contributed by atoms with Gasteiger partial charge in [-0.3, -0.25) is 4.79 Å². The van der Waals surface area contributed by atoms with E-state index in [1.807, 2.05) is 13.8 Å². The Bertz CT molecular complexity index is 423. The average molecular weight is 315 g/mol. The van der Waals surface area contributed by atoms with Crippen molar-refractivity contribution < 1.29 is 14.6 Å². The molecule has 0 saturated carbocycles. The molecule has 0 aliphatic rings. The molecule has 5 nitrogen and oxygen atoms in total. The summed E-state index contributed by atoms with van der Waals surface area (Å²) in [6.07, 6.45) is -0.239. The summed E-state index contributed by atoms with van der Waals surface area (Å²) >= 11 is 5.77. The number of carbonyl (C=O) groups is 1. The van der Waals surface area contributed by atoms with E-state index in [-0.39, 0.29) is 18.6 Å². The molecule has 1 aromatic carbocycles.